The Kier molecular flexibility index (Phi) is 2.38. The van der Waals surface area contributed by atoms with E-state index in [1.165, 1.54) is 5.56 Å². The summed E-state index contributed by atoms with van der Waals surface area (Å²) in [5.41, 5.74) is 8.06. The molecule has 3 heteroatoms. The van der Waals surface area contributed by atoms with Crippen molar-refractivity contribution in [2.75, 3.05) is 6.61 Å². The van der Waals surface area contributed by atoms with Gasteiger partial charge < -0.3 is 10.5 Å². The van der Waals surface area contributed by atoms with Gasteiger partial charge in [-0.25, -0.2) is 0 Å². The lowest BCUT2D eigenvalue weighted by molar-refractivity contribution is 0.357. The summed E-state index contributed by atoms with van der Waals surface area (Å²) >= 11 is 0. The van der Waals surface area contributed by atoms with Crippen molar-refractivity contribution in [3.8, 4) is 11.8 Å². The van der Waals surface area contributed by atoms with E-state index in [9.17, 15) is 0 Å². The number of hydrogen-bond acceptors (Lipinski definition) is 3. The van der Waals surface area contributed by atoms with Crippen LogP contribution in [-0.2, 0) is 6.42 Å². The van der Waals surface area contributed by atoms with Crippen LogP contribution in [0.15, 0.2) is 18.2 Å². The molecular weight excluding hydrogens is 176 g/mol. The Morgan fingerprint density at radius 3 is 3.21 bits per heavy atom. The highest BCUT2D eigenvalue weighted by Crippen LogP contribution is 2.28. The second kappa shape index (κ2) is 3.69. The molecular formula is C11H12N2O. The van der Waals surface area contributed by atoms with Gasteiger partial charge in [-0.05, 0) is 17.2 Å². The predicted molar refractivity (Wildman–Crippen MR) is 52.8 cm³/mol. The van der Waals surface area contributed by atoms with E-state index in [4.69, 9.17) is 15.7 Å². The molecule has 0 amide bonds. The molecule has 2 rings (SSSR count). The topological polar surface area (TPSA) is 59.0 Å². The van der Waals surface area contributed by atoms with Crippen LogP contribution in [0.2, 0.25) is 0 Å². The molecule has 1 unspecified atom stereocenters. The molecule has 0 aliphatic carbocycles. The zero-order chi connectivity index (χ0) is 9.97. The van der Waals surface area contributed by atoms with Gasteiger partial charge in [-0.1, -0.05) is 12.1 Å². The van der Waals surface area contributed by atoms with E-state index in [1.807, 2.05) is 18.2 Å². The minimum Gasteiger partial charge on any atom is -0.493 e. The van der Waals surface area contributed by atoms with Gasteiger partial charge in [0.1, 0.15) is 5.75 Å². The highest BCUT2D eigenvalue weighted by atomic mass is 16.5. The summed E-state index contributed by atoms with van der Waals surface area (Å²) in [4.78, 5) is 0. The fraction of sp³-hybridized carbons (Fsp3) is 0.364. The van der Waals surface area contributed by atoms with E-state index in [0.717, 1.165) is 24.3 Å². The van der Waals surface area contributed by atoms with Gasteiger partial charge in [0.2, 0.25) is 0 Å². The molecule has 0 spiro atoms. The Labute approximate surface area is 83.1 Å². The highest BCUT2D eigenvalue weighted by molar-refractivity contribution is 5.40. The lowest BCUT2D eigenvalue weighted by Crippen LogP contribution is -2.09. The summed E-state index contributed by atoms with van der Waals surface area (Å²) in [5.74, 6) is 0.956. The fourth-order valence-electron chi connectivity index (χ4n) is 1.65. The third-order valence-electron chi connectivity index (χ3n) is 2.45. The first-order valence-electron chi connectivity index (χ1n) is 4.69. The maximum absolute atomic E-state index is 8.54. The van der Waals surface area contributed by atoms with Gasteiger partial charge in [-0.2, -0.15) is 5.26 Å². The van der Waals surface area contributed by atoms with Crippen molar-refractivity contribution in [3.05, 3.63) is 29.3 Å². The lowest BCUT2D eigenvalue weighted by atomic mass is 10.0. The number of ether oxygens (including phenoxy) is 1. The van der Waals surface area contributed by atoms with E-state index in [2.05, 4.69) is 6.07 Å². The van der Waals surface area contributed by atoms with Crippen LogP contribution in [0.1, 0.15) is 23.6 Å². The zero-order valence-electron chi connectivity index (χ0n) is 7.86. The molecule has 0 radical (unpaired) electrons. The summed E-state index contributed by atoms with van der Waals surface area (Å²) in [6, 6.07) is 7.82. The van der Waals surface area contributed by atoms with Crippen molar-refractivity contribution in [1.82, 2.24) is 0 Å². The standard InChI is InChI=1S/C11H12N2O/c12-5-3-10(13)8-1-2-11-9(7-8)4-6-14-11/h1-2,7,10H,3-4,6,13H2. The van der Waals surface area contributed by atoms with E-state index in [1.54, 1.807) is 0 Å². The fourth-order valence-corrected chi connectivity index (χ4v) is 1.65. The molecule has 0 bridgehead atoms. The molecule has 0 saturated heterocycles. The van der Waals surface area contributed by atoms with Gasteiger partial charge in [-0.3, -0.25) is 0 Å². The number of fused-ring (bicyclic) bond motifs is 1. The average molecular weight is 188 g/mol. The minimum atomic E-state index is -0.175. The van der Waals surface area contributed by atoms with Crippen molar-refractivity contribution < 1.29 is 4.74 Å². The van der Waals surface area contributed by atoms with Crippen molar-refractivity contribution in [2.45, 2.75) is 18.9 Å². The van der Waals surface area contributed by atoms with Crippen LogP contribution in [0.3, 0.4) is 0 Å². The molecule has 1 heterocycles. The monoisotopic (exact) mass is 188 g/mol. The van der Waals surface area contributed by atoms with Crippen LogP contribution < -0.4 is 10.5 Å². The molecule has 3 nitrogen and oxygen atoms in total. The van der Waals surface area contributed by atoms with Crippen molar-refractivity contribution in [1.29, 1.82) is 5.26 Å². The Morgan fingerprint density at radius 2 is 2.43 bits per heavy atom. The molecule has 0 saturated carbocycles. The number of rotatable bonds is 2. The predicted octanol–water partition coefficient (Wildman–Crippen LogP) is 1.53. The number of benzene rings is 1. The first kappa shape index (κ1) is 9.04. The number of hydrogen-bond donors (Lipinski definition) is 1. The van der Waals surface area contributed by atoms with Crippen LogP contribution in [0.4, 0.5) is 0 Å². The van der Waals surface area contributed by atoms with Crippen molar-refractivity contribution >= 4 is 0 Å². The summed E-state index contributed by atoms with van der Waals surface area (Å²) in [5, 5.41) is 8.54. The number of nitriles is 1. The van der Waals surface area contributed by atoms with E-state index >= 15 is 0 Å². The van der Waals surface area contributed by atoms with Gasteiger partial charge in [0.15, 0.2) is 0 Å². The first-order valence-corrected chi connectivity index (χ1v) is 4.69. The van der Waals surface area contributed by atoms with Gasteiger partial charge >= 0.3 is 0 Å². The second-order valence-corrected chi connectivity index (χ2v) is 3.43. The third-order valence-corrected chi connectivity index (χ3v) is 2.45. The molecule has 0 aromatic heterocycles. The molecule has 72 valence electrons. The SMILES string of the molecule is N#CCC(N)c1ccc2c(c1)CCO2. The van der Waals surface area contributed by atoms with Crippen molar-refractivity contribution in [3.63, 3.8) is 0 Å². The Hall–Kier alpha value is -1.53. The molecule has 1 aliphatic rings. The quantitative estimate of drug-likeness (QED) is 0.765. The first-order chi connectivity index (χ1) is 6.81. The smallest absolute Gasteiger partial charge is 0.122 e. The van der Waals surface area contributed by atoms with Crippen molar-refractivity contribution in [2.24, 2.45) is 5.73 Å². The van der Waals surface area contributed by atoms with Crippen LogP contribution >= 0.6 is 0 Å². The Balaban J connectivity index is 2.25. The van der Waals surface area contributed by atoms with Crippen LogP contribution in [0.5, 0.6) is 5.75 Å². The molecule has 14 heavy (non-hydrogen) atoms. The number of nitrogens with zero attached hydrogens (tertiary/aromatic N) is 1. The highest BCUT2D eigenvalue weighted by Gasteiger charge is 2.14. The third kappa shape index (κ3) is 1.57. The molecule has 1 aromatic rings. The molecule has 1 aromatic carbocycles. The molecule has 1 atom stereocenters. The molecule has 2 N–H and O–H groups in total. The second-order valence-electron chi connectivity index (χ2n) is 3.43. The van der Waals surface area contributed by atoms with Gasteiger partial charge in [0.25, 0.3) is 0 Å². The maximum Gasteiger partial charge on any atom is 0.122 e. The average Bonchev–Trinajstić information content (AvgIpc) is 2.64. The summed E-state index contributed by atoms with van der Waals surface area (Å²) < 4.78 is 5.39. The summed E-state index contributed by atoms with van der Waals surface area (Å²) in [6.07, 6.45) is 1.31. The molecule has 1 aliphatic heterocycles. The van der Waals surface area contributed by atoms with Crippen LogP contribution in [0.25, 0.3) is 0 Å². The Bertz CT molecular complexity index is 381. The maximum atomic E-state index is 8.54. The van der Waals surface area contributed by atoms with E-state index in [-0.39, 0.29) is 6.04 Å². The van der Waals surface area contributed by atoms with Gasteiger partial charge in [0, 0.05) is 12.5 Å². The van der Waals surface area contributed by atoms with Gasteiger partial charge in [0.05, 0.1) is 19.1 Å². The molecule has 0 fully saturated rings. The summed E-state index contributed by atoms with van der Waals surface area (Å²) in [7, 11) is 0. The normalized spacial score (nSPS) is 15.4. The Morgan fingerprint density at radius 1 is 1.57 bits per heavy atom. The van der Waals surface area contributed by atoms with E-state index in [0.29, 0.717) is 6.42 Å². The van der Waals surface area contributed by atoms with Crippen LogP contribution in [0, 0.1) is 11.3 Å². The zero-order valence-corrected chi connectivity index (χ0v) is 7.86. The largest absolute Gasteiger partial charge is 0.493 e. The van der Waals surface area contributed by atoms with Crippen LogP contribution in [-0.4, -0.2) is 6.61 Å². The van der Waals surface area contributed by atoms with Gasteiger partial charge in [-0.15, -0.1) is 0 Å². The van der Waals surface area contributed by atoms with E-state index < -0.39 is 0 Å². The summed E-state index contributed by atoms with van der Waals surface area (Å²) in [6.45, 7) is 0.756. The lowest BCUT2D eigenvalue weighted by Gasteiger charge is -2.08. The minimum absolute atomic E-state index is 0.175. The number of nitrogens with two attached hydrogens (primary N) is 1.